The normalized spacial score (nSPS) is 13.6. The fourth-order valence-electron chi connectivity index (χ4n) is 2.09. The Bertz CT molecular complexity index is 517. The summed E-state index contributed by atoms with van der Waals surface area (Å²) in [5.41, 5.74) is 3.28. The molecule has 1 heterocycles. The Morgan fingerprint density at radius 3 is 2.11 bits per heavy atom. The van der Waals surface area contributed by atoms with Crippen molar-refractivity contribution in [3.8, 4) is 0 Å². The molecule has 2 heteroatoms. The number of benzene rings is 1. The highest BCUT2D eigenvalue weighted by atomic mass is 16.3. The second kappa shape index (κ2) is 4.62. The fraction of sp³-hybridized carbons (Fsp3) is 0.375. The van der Waals surface area contributed by atoms with Gasteiger partial charge < -0.3 is 9.67 Å². The van der Waals surface area contributed by atoms with Gasteiger partial charge in [-0.1, -0.05) is 45.0 Å². The standard InChI is InChI=1S/C16H21NO/c1-16(2,3)13-9-7-12(8-10-13)15(18)14-6-5-11-17(14)4/h5-11,15,18H,1-4H3. The Hall–Kier alpha value is -1.54. The van der Waals surface area contributed by atoms with Crippen LogP contribution in [0.1, 0.15) is 43.7 Å². The van der Waals surface area contributed by atoms with Crippen molar-refractivity contribution in [3.05, 3.63) is 59.4 Å². The van der Waals surface area contributed by atoms with E-state index in [2.05, 4.69) is 32.9 Å². The Morgan fingerprint density at radius 1 is 1.06 bits per heavy atom. The number of hydrogen-bond acceptors (Lipinski definition) is 1. The zero-order valence-electron chi connectivity index (χ0n) is 11.5. The summed E-state index contributed by atoms with van der Waals surface area (Å²) in [6, 6.07) is 12.1. The largest absolute Gasteiger partial charge is 0.382 e. The Labute approximate surface area is 109 Å². The molecule has 0 spiro atoms. The van der Waals surface area contributed by atoms with Gasteiger partial charge in [0.05, 0.1) is 5.69 Å². The van der Waals surface area contributed by atoms with E-state index in [-0.39, 0.29) is 5.41 Å². The van der Waals surface area contributed by atoms with Gasteiger partial charge >= 0.3 is 0 Å². The third-order valence-corrected chi connectivity index (χ3v) is 3.36. The van der Waals surface area contributed by atoms with Gasteiger partial charge in [0.15, 0.2) is 0 Å². The number of aromatic nitrogens is 1. The number of aliphatic hydroxyl groups is 1. The van der Waals surface area contributed by atoms with Crippen molar-refractivity contribution < 1.29 is 5.11 Å². The maximum absolute atomic E-state index is 10.3. The monoisotopic (exact) mass is 243 g/mol. The van der Waals surface area contributed by atoms with Crippen LogP contribution >= 0.6 is 0 Å². The van der Waals surface area contributed by atoms with E-state index in [4.69, 9.17) is 0 Å². The predicted octanol–water partition coefficient (Wildman–Crippen LogP) is 3.40. The third kappa shape index (κ3) is 2.49. The lowest BCUT2D eigenvalue weighted by atomic mass is 9.86. The molecule has 0 saturated carbocycles. The van der Waals surface area contributed by atoms with E-state index in [1.165, 1.54) is 5.56 Å². The summed E-state index contributed by atoms with van der Waals surface area (Å²) >= 11 is 0. The van der Waals surface area contributed by atoms with Crippen LogP contribution in [0.5, 0.6) is 0 Å². The minimum atomic E-state index is -0.556. The summed E-state index contributed by atoms with van der Waals surface area (Å²) in [5.74, 6) is 0. The van der Waals surface area contributed by atoms with Crippen LogP contribution in [0.4, 0.5) is 0 Å². The maximum Gasteiger partial charge on any atom is 0.119 e. The van der Waals surface area contributed by atoms with Gasteiger partial charge in [-0.2, -0.15) is 0 Å². The van der Waals surface area contributed by atoms with Crippen molar-refractivity contribution in [1.29, 1.82) is 0 Å². The summed E-state index contributed by atoms with van der Waals surface area (Å²) in [6.07, 6.45) is 1.39. The highest BCUT2D eigenvalue weighted by Gasteiger charge is 2.16. The molecule has 2 nitrogen and oxygen atoms in total. The van der Waals surface area contributed by atoms with Crippen LogP contribution in [-0.2, 0) is 12.5 Å². The summed E-state index contributed by atoms with van der Waals surface area (Å²) < 4.78 is 1.95. The lowest BCUT2D eigenvalue weighted by Gasteiger charge is -2.20. The number of nitrogens with zero attached hydrogens (tertiary/aromatic N) is 1. The van der Waals surface area contributed by atoms with E-state index in [0.29, 0.717) is 0 Å². The van der Waals surface area contributed by atoms with Crippen LogP contribution in [0.25, 0.3) is 0 Å². The molecule has 18 heavy (non-hydrogen) atoms. The zero-order valence-corrected chi connectivity index (χ0v) is 11.5. The van der Waals surface area contributed by atoms with Crippen LogP contribution in [0.3, 0.4) is 0 Å². The Morgan fingerprint density at radius 2 is 1.67 bits per heavy atom. The van der Waals surface area contributed by atoms with Crippen molar-refractivity contribution in [3.63, 3.8) is 0 Å². The first kappa shape index (κ1) is 12.9. The van der Waals surface area contributed by atoms with Crippen molar-refractivity contribution >= 4 is 0 Å². The van der Waals surface area contributed by atoms with Gasteiger partial charge in [-0.15, -0.1) is 0 Å². The molecule has 1 aromatic heterocycles. The molecule has 1 unspecified atom stereocenters. The summed E-state index contributed by atoms with van der Waals surface area (Å²) in [4.78, 5) is 0. The minimum Gasteiger partial charge on any atom is -0.382 e. The summed E-state index contributed by atoms with van der Waals surface area (Å²) in [5, 5.41) is 10.3. The molecule has 2 aromatic rings. The molecule has 0 saturated heterocycles. The molecule has 0 bridgehead atoms. The van der Waals surface area contributed by atoms with Gasteiger partial charge in [-0.25, -0.2) is 0 Å². The zero-order chi connectivity index (χ0) is 13.3. The van der Waals surface area contributed by atoms with Crippen LogP contribution in [0.15, 0.2) is 42.6 Å². The molecule has 1 N–H and O–H groups in total. The first-order valence-electron chi connectivity index (χ1n) is 6.29. The van der Waals surface area contributed by atoms with Crippen molar-refractivity contribution in [2.75, 3.05) is 0 Å². The third-order valence-electron chi connectivity index (χ3n) is 3.36. The summed E-state index contributed by atoms with van der Waals surface area (Å²) in [7, 11) is 1.95. The predicted molar refractivity (Wildman–Crippen MR) is 74.6 cm³/mol. The smallest absolute Gasteiger partial charge is 0.119 e. The number of hydrogen-bond donors (Lipinski definition) is 1. The fourth-order valence-corrected chi connectivity index (χ4v) is 2.09. The van der Waals surface area contributed by atoms with Gasteiger partial charge in [0.1, 0.15) is 6.10 Å². The van der Waals surface area contributed by atoms with Gasteiger partial charge in [-0.3, -0.25) is 0 Å². The van der Waals surface area contributed by atoms with E-state index in [1.54, 1.807) is 0 Å². The van der Waals surface area contributed by atoms with Crippen LogP contribution in [0.2, 0.25) is 0 Å². The highest BCUT2D eigenvalue weighted by molar-refractivity contribution is 5.32. The lowest BCUT2D eigenvalue weighted by molar-refractivity contribution is 0.211. The van der Waals surface area contributed by atoms with Gasteiger partial charge in [0.2, 0.25) is 0 Å². The average molecular weight is 243 g/mol. The Kier molecular flexibility index (Phi) is 3.31. The molecule has 1 aromatic carbocycles. The van der Waals surface area contributed by atoms with Crippen molar-refractivity contribution in [2.24, 2.45) is 7.05 Å². The number of aliphatic hydroxyl groups excluding tert-OH is 1. The first-order valence-corrected chi connectivity index (χ1v) is 6.29. The topological polar surface area (TPSA) is 25.2 Å². The molecule has 0 aliphatic heterocycles. The lowest BCUT2D eigenvalue weighted by Crippen LogP contribution is -2.11. The van der Waals surface area contributed by atoms with Crippen LogP contribution in [-0.4, -0.2) is 9.67 Å². The Balaban J connectivity index is 2.28. The molecule has 96 valence electrons. The maximum atomic E-state index is 10.3. The van der Waals surface area contributed by atoms with E-state index in [0.717, 1.165) is 11.3 Å². The van der Waals surface area contributed by atoms with E-state index < -0.39 is 6.10 Å². The first-order chi connectivity index (χ1) is 8.39. The van der Waals surface area contributed by atoms with E-state index >= 15 is 0 Å². The summed E-state index contributed by atoms with van der Waals surface area (Å²) in [6.45, 7) is 6.57. The van der Waals surface area contributed by atoms with Crippen molar-refractivity contribution in [1.82, 2.24) is 4.57 Å². The molecule has 0 fully saturated rings. The average Bonchev–Trinajstić information content (AvgIpc) is 2.73. The van der Waals surface area contributed by atoms with Crippen LogP contribution < -0.4 is 0 Å². The molecule has 0 aliphatic rings. The van der Waals surface area contributed by atoms with Gasteiger partial charge in [0.25, 0.3) is 0 Å². The second-order valence-corrected chi connectivity index (χ2v) is 5.82. The number of rotatable bonds is 2. The molecule has 0 aliphatic carbocycles. The molecular formula is C16H21NO. The van der Waals surface area contributed by atoms with E-state index in [1.807, 2.05) is 42.1 Å². The van der Waals surface area contributed by atoms with Crippen molar-refractivity contribution in [2.45, 2.75) is 32.3 Å². The molecule has 0 amide bonds. The van der Waals surface area contributed by atoms with Gasteiger partial charge in [0, 0.05) is 13.2 Å². The van der Waals surface area contributed by atoms with E-state index in [9.17, 15) is 5.11 Å². The molecule has 0 radical (unpaired) electrons. The second-order valence-electron chi connectivity index (χ2n) is 5.82. The molecular weight excluding hydrogens is 222 g/mol. The quantitative estimate of drug-likeness (QED) is 0.859. The molecule has 1 atom stereocenters. The highest BCUT2D eigenvalue weighted by Crippen LogP contribution is 2.26. The number of aryl methyl sites for hydroxylation is 1. The van der Waals surface area contributed by atoms with Gasteiger partial charge in [-0.05, 0) is 28.7 Å². The van der Waals surface area contributed by atoms with Crippen LogP contribution in [0, 0.1) is 0 Å². The minimum absolute atomic E-state index is 0.147. The molecule has 2 rings (SSSR count). The SMILES string of the molecule is Cn1cccc1C(O)c1ccc(C(C)(C)C)cc1.